The van der Waals surface area contributed by atoms with Crippen LogP contribution >= 0.6 is 0 Å². The van der Waals surface area contributed by atoms with Crippen LogP contribution in [0.2, 0.25) is 0 Å². The van der Waals surface area contributed by atoms with Gasteiger partial charge in [-0.25, -0.2) is 0 Å². The Morgan fingerprint density at radius 2 is 1.92 bits per heavy atom. The normalized spacial score (nSPS) is 15.6. The first-order valence-electron chi connectivity index (χ1n) is 11.4. The van der Waals surface area contributed by atoms with E-state index in [0.29, 0.717) is 47.4 Å². The fourth-order valence-corrected chi connectivity index (χ4v) is 4.35. The highest BCUT2D eigenvalue weighted by atomic mass is 16.6. The van der Waals surface area contributed by atoms with Crippen molar-refractivity contribution in [3.05, 3.63) is 92.7 Å². The molecule has 0 bridgehead atoms. The number of ketones is 1. The van der Waals surface area contributed by atoms with Gasteiger partial charge in [-0.15, -0.1) is 0 Å². The van der Waals surface area contributed by atoms with Gasteiger partial charge in [-0.2, -0.15) is 0 Å². The minimum atomic E-state index is -0.474. The van der Waals surface area contributed by atoms with Gasteiger partial charge in [-0.05, 0) is 47.9 Å². The predicted octanol–water partition coefficient (Wildman–Crippen LogP) is 4.62. The number of nitro benzene ring substituents is 1. The Morgan fingerprint density at radius 1 is 1.08 bits per heavy atom. The molecule has 0 aliphatic carbocycles. The van der Waals surface area contributed by atoms with Gasteiger partial charge in [-0.3, -0.25) is 19.8 Å². The molecule has 2 aliphatic heterocycles. The van der Waals surface area contributed by atoms with Gasteiger partial charge in [0.2, 0.25) is 5.78 Å². The van der Waals surface area contributed by atoms with Crippen molar-refractivity contribution in [2.45, 2.75) is 13.0 Å². The number of hydrogen-bond donors (Lipinski definition) is 0. The van der Waals surface area contributed by atoms with E-state index in [1.54, 1.807) is 38.5 Å². The smallest absolute Gasteiger partial charge is 0.270 e. The number of fused-ring (bicyclic) bond motifs is 3. The number of nitro groups is 1. The fourth-order valence-electron chi connectivity index (χ4n) is 4.35. The van der Waals surface area contributed by atoms with Gasteiger partial charge in [0.25, 0.3) is 5.69 Å². The van der Waals surface area contributed by atoms with E-state index in [2.05, 4.69) is 4.90 Å². The van der Waals surface area contributed by atoms with E-state index in [1.807, 2.05) is 18.2 Å². The first kappa shape index (κ1) is 23.4. The zero-order valence-corrected chi connectivity index (χ0v) is 19.9. The number of methoxy groups -OCH3 is 2. The molecule has 0 radical (unpaired) electrons. The maximum Gasteiger partial charge on any atom is 0.270 e. The van der Waals surface area contributed by atoms with E-state index >= 15 is 0 Å². The van der Waals surface area contributed by atoms with E-state index < -0.39 is 4.92 Å². The van der Waals surface area contributed by atoms with Crippen LogP contribution in [-0.4, -0.2) is 43.1 Å². The van der Waals surface area contributed by atoms with E-state index in [1.165, 1.54) is 18.2 Å². The quantitative estimate of drug-likeness (QED) is 0.270. The summed E-state index contributed by atoms with van der Waals surface area (Å²) >= 11 is 0. The number of carbonyl (C=O) groups is 1. The molecule has 2 aliphatic rings. The van der Waals surface area contributed by atoms with Crippen LogP contribution in [0, 0.1) is 10.1 Å². The zero-order valence-electron chi connectivity index (χ0n) is 19.9. The minimum Gasteiger partial charge on any atom is -0.493 e. The van der Waals surface area contributed by atoms with Crippen molar-refractivity contribution in [1.29, 1.82) is 0 Å². The molecule has 0 aromatic heterocycles. The summed E-state index contributed by atoms with van der Waals surface area (Å²) in [5.74, 6) is 2.39. The molecule has 0 saturated heterocycles. The molecule has 0 N–H and O–H groups in total. The van der Waals surface area contributed by atoms with E-state index in [-0.39, 0.29) is 17.2 Å². The van der Waals surface area contributed by atoms with Crippen LogP contribution in [0.3, 0.4) is 0 Å². The van der Waals surface area contributed by atoms with Crippen LogP contribution in [0.25, 0.3) is 6.08 Å². The zero-order chi connectivity index (χ0) is 25.2. The lowest BCUT2D eigenvalue weighted by atomic mass is 10.0. The average Bonchev–Trinajstić information content (AvgIpc) is 3.22. The van der Waals surface area contributed by atoms with Crippen molar-refractivity contribution >= 4 is 17.5 Å². The summed E-state index contributed by atoms with van der Waals surface area (Å²) in [6.45, 7) is 1.70. The highest BCUT2D eigenvalue weighted by molar-refractivity contribution is 6.15. The van der Waals surface area contributed by atoms with Crippen LogP contribution in [-0.2, 0) is 13.0 Å². The Hall–Kier alpha value is -4.37. The molecule has 0 saturated carbocycles. The molecule has 36 heavy (non-hydrogen) atoms. The molecule has 5 rings (SSSR count). The Bertz CT molecular complexity index is 1380. The molecule has 0 fully saturated rings. The second-order valence-electron chi connectivity index (χ2n) is 8.48. The summed E-state index contributed by atoms with van der Waals surface area (Å²) in [5, 5.41) is 11.1. The number of nitrogens with zero attached hydrogens (tertiary/aromatic N) is 2. The topological polar surface area (TPSA) is 100 Å². The van der Waals surface area contributed by atoms with Gasteiger partial charge in [-0.1, -0.05) is 18.2 Å². The molecule has 3 aromatic rings. The largest absolute Gasteiger partial charge is 0.493 e. The number of carbonyl (C=O) groups excluding carboxylic acids is 1. The third kappa shape index (κ3) is 4.48. The van der Waals surface area contributed by atoms with Crippen LogP contribution in [0.5, 0.6) is 23.0 Å². The van der Waals surface area contributed by atoms with Crippen LogP contribution in [0.15, 0.2) is 60.4 Å². The van der Waals surface area contributed by atoms with Crippen LogP contribution < -0.4 is 18.9 Å². The predicted molar refractivity (Wildman–Crippen MR) is 132 cm³/mol. The molecule has 0 amide bonds. The lowest BCUT2D eigenvalue weighted by Crippen LogP contribution is -2.33. The second kappa shape index (κ2) is 9.71. The van der Waals surface area contributed by atoms with Gasteiger partial charge in [0.05, 0.1) is 30.3 Å². The molecule has 3 aromatic carbocycles. The van der Waals surface area contributed by atoms with Crippen molar-refractivity contribution in [3.63, 3.8) is 0 Å². The molecule has 9 nitrogen and oxygen atoms in total. The third-order valence-corrected chi connectivity index (χ3v) is 6.23. The molecule has 0 atom stereocenters. The molecule has 2 heterocycles. The highest BCUT2D eigenvalue weighted by Crippen LogP contribution is 2.42. The monoisotopic (exact) mass is 488 g/mol. The highest BCUT2D eigenvalue weighted by Gasteiger charge is 2.33. The molecule has 0 spiro atoms. The van der Waals surface area contributed by atoms with Gasteiger partial charge < -0.3 is 18.9 Å². The molecular formula is C27H24N2O7. The number of hydrogen-bond acceptors (Lipinski definition) is 8. The van der Waals surface area contributed by atoms with Gasteiger partial charge >= 0.3 is 0 Å². The Labute approximate surface area is 207 Å². The maximum atomic E-state index is 13.0. The molecule has 9 heteroatoms. The number of ether oxygens (including phenoxy) is 4. The van der Waals surface area contributed by atoms with Crippen LogP contribution in [0.4, 0.5) is 5.69 Å². The molecule has 0 unspecified atom stereocenters. The van der Waals surface area contributed by atoms with Crippen molar-refractivity contribution in [3.8, 4) is 23.0 Å². The second-order valence-corrected chi connectivity index (χ2v) is 8.48. The lowest BCUT2D eigenvalue weighted by molar-refractivity contribution is -0.384. The summed E-state index contributed by atoms with van der Waals surface area (Å²) in [6.07, 6.45) is 2.30. The number of benzene rings is 3. The van der Waals surface area contributed by atoms with Gasteiger partial charge in [0, 0.05) is 25.2 Å². The number of Topliss-reactive ketones (excluding diaryl/α,β-unsaturated/α-hetero) is 1. The standard InChI is InChI=1S/C27H24N2O7/c1-33-23-8-6-17(13-24(23)34-2)10-11-28-15-21-22(35-16-28)9-7-20-26(30)25(36-27(20)21)14-18-4-3-5-19(12-18)29(31)32/h3-9,12-14H,10-11,15-16H2,1-2H3/b25-14-. The SMILES string of the molecule is COc1ccc(CCN2COc3ccc4c(c3C2)O/C(=C\c2cccc([N+](=O)[O-])c2)C4=O)cc1OC. The maximum absolute atomic E-state index is 13.0. The minimum absolute atomic E-state index is 0.0526. The molecular weight excluding hydrogens is 464 g/mol. The number of rotatable bonds is 7. The summed E-state index contributed by atoms with van der Waals surface area (Å²) in [4.78, 5) is 25.8. The van der Waals surface area contributed by atoms with E-state index in [0.717, 1.165) is 24.1 Å². The Kier molecular flexibility index (Phi) is 6.30. The van der Waals surface area contributed by atoms with E-state index in [4.69, 9.17) is 18.9 Å². The lowest BCUT2D eigenvalue weighted by Gasteiger charge is -2.29. The molecule has 184 valence electrons. The van der Waals surface area contributed by atoms with Crippen molar-refractivity contribution < 1.29 is 28.7 Å². The summed E-state index contributed by atoms with van der Waals surface area (Å²) < 4.78 is 22.7. The third-order valence-electron chi connectivity index (χ3n) is 6.23. The summed E-state index contributed by atoms with van der Waals surface area (Å²) in [6, 6.07) is 15.4. The van der Waals surface area contributed by atoms with Gasteiger partial charge in [0.1, 0.15) is 18.2 Å². The van der Waals surface area contributed by atoms with Crippen molar-refractivity contribution in [1.82, 2.24) is 4.90 Å². The first-order valence-corrected chi connectivity index (χ1v) is 11.4. The summed E-state index contributed by atoms with van der Waals surface area (Å²) in [5.41, 5.74) is 2.83. The number of allylic oxidation sites excluding steroid dienone is 1. The fraction of sp³-hybridized carbons (Fsp3) is 0.222. The van der Waals surface area contributed by atoms with Crippen LogP contribution in [0.1, 0.15) is 27.0 Å². The van der Waals surface area contributed by atoms with E-state index in [9.17, 15) is 14.9 Å². The van der Waals surface area contributed by atoms with Crippen molar-refractivity contribution in [2.24, 2.45) is 0 Å². The summed E-state index contributed by atoms with van der Waals surface area (Å²) in [7, 11) is 3.22. The average molecular weight is 488 g/mol. The Morgan fingerprint density at radius 3 is 2.69 bits per heavy atom. The Balaban J connectivity index is 1.33. The number of non-ortho nitro benzene ring substituents is 1. The van der Waals surface area contributed by atoms with Gasteiger partial charge in [0.15, 0.2) is 17.3 Å². The van der Waals surface area contributed by atoms with Crippen molar-refractivity contribution in [2.75, 3.05) is 27.5 Å². The first-order chi connectivity index (χ1) is 17.5.